The minimum Gasteiger partial charge on any atom is -0.335 e. The van der Waals surface area contributed by atoms with Crippen molar-refractivity contribution in [1.29, 1.82) is 0 Å². The Labute approximate surface area is 239 Å². The summed E-state index contributed by atoms with van der Waals surface area (Å²) in [4.78, 5) is 20.0. The first kappa shape index (κ1) is 27.4. The van der Waals surface area contributed by atoms with Gasteiger partial charge in [-0.2, -0.15) is 0 Å². The molecule has 7 heteroatoms. The van der Waals surface area contributed by atoms with Gasteiger partial charge in [0.05, 0.1) is 23.7 Å². The average molecular weight is 550 g/mol. The molecule has 0 bridgehead atoms. The molecule has 202 valence electrons. The second-order valence-electron chi connectivity index (χ2n) is 10.2. The van der Waals surface area contributed by atoms with Gasteiger partial charge in [0.2, 0.25) is 0 Å². The minimum atomic E-state index is -0.743. The van der Waals surface area contributed by atoms with Crippen LogP contribution in [0.25, 0.3) is 22.0 Å². The zero-order valence-corrected chi connectivity index (χ0v) is 23.9. The standard InChI is InChI=1S/C33H32ClN5O/c1-6-23-8-7-9-24(18-23)28-20-32(40)39(17-16-37(3)4)30-15-12-26(19-29(28)30)33(35-2,31-21-36-22-38(31)5)25-10-13-27(34)14-11-25/h1,7-15,18-22,35H,16-17H2,2-5H3/t33-/m1/s1. The van der Waals surface area contributed by atoms with Gasteiger partial charge in [-0.05, 0) is 79.8 Å². The summed E-state index contributed by atoms with van der Waals surface area (Å²) in [5.74, 6) is 2.72. The molecule has 3 aromatic carbocycles. The fourth-order valence-corrected chi connectivity index (χ4v) is 5.59. The molecule has 5 rings (SSSR count). The predicted molar refractivity (Wildman–Crippen MR) is 164 cm³/mol. The number of halogens is 1. The van der Waals surface area contributed by atoms with Crippen LogP contribution in [0, 0.1) is 12.3 Å². The van der Waals surface area contributed by atoms with Gasteiger partial charge in [-0.25, -0.2) is 4.98 Å². The Morgan fingerprint density at radius 3 is 2.45 bits per heavy atom. The molecule has 0 aliphatic heterocycles. The van der Waals surface area contributed by atoms with Crippen LogP contribution in [0.5, 0.6) is 0 Å². The van der Waals surface area contributed by atoms with E-state index in [0.29, 0.717) is 11.6 Å². The monoisotopic (exact) mass is 549 g/mol. The first-order chi connectivity index (χ1) is 19.3. The van der Waals surface area contributed by atoms with E-state index in [1.54, 1.807) is 12.4 Å². The predicted octanol–water partition coefficient (Wildman–Crippen LogP) is 5.11. The number of nitrogens with zero attached hydrogens (tertiary/aromatic N) is 4. The Balaban J connectivity index is 1.85. The van der Waals surface area contributed by atoms with Gasteiger partial charge in [0.25, 0.3) is 5.56 Å². The summed E-state index contributed by atoms with van der Waals surface area (Å²) < 4.78 is 3.87. The third-order valence-corrected chi connectivity index (χ3v) is 7.76. The van der Waals surface area contributed by atoms with Gasteiger partial charge in [0.15, 0.2) is 0 Å². The number of hydrogen-bond donors (Lipinski definition) is 1. The molecule has 0 aliphatic rings. The molecule has 0 amide bonds. The maximum atomic E-state index is 13.5. The number of hydrogen-bond acceptors (Lipinski definition) is 4. The van der Waals surface area contributed by atoms with E-state index in [2.05, 4.69) is 39.3 Å². The van der Waals surface area contributed by atoms with E-state index in [4.69, 9.17) is 18.0 Å². The largest absolute Gasteiger partial charge is 0.335 e. The summed E-state index contributed by atoms with van der Waals surface area (Å²) in [6.45, 7) is 1.31. The van der Waals surface area contributed by atoms with Crippen LogP contribution >= 0.6 is 11.6 Å². The SMILES string of the molecule is C#Cc1cccc(-c2cc(=O)n(CCN(C)C)c3ccc([C@](NC)(c4ccc(Cl)cc4)c4cncn4C)cc23)c1. The summed E-state index contributed by atoms with van der Waals surface area (Å²) in [6.07, 6.45) is 9.41. The topological polar surface area (TPSA) is 55.1 Å². The molecule has 0 aliphatic carbocycles. The molecule has 1 atom stereocenters. The number of aromatic nitrogens is 3. The molecule has 0 fully saturated rings. The lowest BCUT2D eigenvalue weighted by Gasteiger charge is -2.35. The molecular weight excluding hydrogens is 518 g/mol. The summed E-state index contributed by atoms with van der Waals surface area (Å²) >= 11 is 6.29. The van der Waals surface area contributed by atoms with Crippen LogP contribution in [0.4, 0.5) is 0 Å². The van der Waals surface area contributed by atoms with E-state index in [1.165, 1.54) is 0 Å². The van der Waals surface area contributed by atoms with Gasteiger partial charge in [0.1, 0.15) is 5.54 Å². The number of rotatable bonds is 8. The second kappa shape index (κ2) is 11.1. The summed E-state index contributed by atoms with van der Waals surface area (Å²) in [5, 5.41) is 5.24. The fourth-order valence-electron chi connectivity index (χ4n) is 5.46. The Morgan fingerprint density at radius 1 is 1.05 bits per heavy atom. The van der Waals surface area contributed by atoms with E-state index in [9.17, 15) is 4.79 Å². The number of pyridine rings is 1. The van der Waals surface area contributed by atoms with Gasteiger partial charge in [-0.15, -0.1) is 6.42 Å². The van der Waals surface area contributed by atoms with Crippen LogP contribution < -0.4 is 10.9 Å². The molecule has 0 spiro atoms. The molecule has 6 nitrogen and oxygen atoms in total. The van der Waals surface area contributed by atoms with Gasteiger partial charge in [-0.3, -0.25) is 4.79 Å². The lowest BCUT2D eigenvalue weighted by atomic mass is 9.79. The summed E-state index contributed by atoms with van der Waals surface area (Å²) in [6, 6.07) is 23.7. The molecule has 5 aromatic rings. The van der Waals surface area contributed by atoms with Crippen molar-refractivity contribution in [2.75, 3.05) is 27.7 Å². The van der Waals surface area contributed by atoms with Crippen molar-refractivity contribution < 1.29 is 0 Å². The molecule has 2 heterocycles. The highest BCUT2D eigenvalue weighted by molar-refractivity contribution is 6.30. The van der Waals surface area contributed by atoms with E-state index >= 15 is 0 Å². The van der Waals surface area contributed by atoms with Crippen molar-refractivity contribution in [2.45, 2.75) is 12.1 Å². The minimum absolute atomic E-state index is 0.0487. The molecule has 0 saturated heterocycles. The molecular formula is C33H32ClN5O. The average Bonchev–Trinajstić information content (AvgIpc) is 3.39. The molecule has 1 N–H and O–H groups in total. The first-order valence-electron chi connectivity index (χ1n) is 13.1. The lowest BCUT2D eigenvalue weighted by molar-refractivity contribution is 0.384. The summed E-state index contributed by atoms with van der Waals surface area (Å²) in [7, 11) is 7.95. The molecule has 0 saturated carbocycles. The third-order valence-electron chi connectivity index (χ3n) is 7.51. The van der Waals surface area contributed by atoms with Crippen molar-refractivity contribution in [3.05, 3.63) is 123 Å². The number of imidazole rings is 1. The zero-order valence-electron chi connectivity index (χ0n) is 23.1. The number of likely N-dealkylation sites (N-methyl/N-ethyl adjacent to an activating group) is 1. The third kappa shape index (κ3) is 4.84. The van der Waals surface area contributed by atoms with Crippen LogP contribution in [0.15, 0.2) is 90.1 Å². The molecule has 40 heavy (non-hydrogen) atoms. The maximum Gasteiger partial charge on any atom is 0.251 e. The number of aryl methyl sites for hydroxylation is 1. The van der Waals surface area contributed by atoms with Crippen molar-refractivity contribution in [1.82, 2.24) is 24.3 Å². The highest BCUT2D eigenvalue weighted by Gasteiger charge is 2.37. The van der Waals surface area contributed by atoms with E-state index < -0.39 is 5.54 Å². The first-order valence-corrected chi connectivity index (χ1v) is 13.5. The summed E-state index contributed by atoms with van der Waals surface area (Å²) in [5.41, 5.74) is 5.56. The van der Waals surface area contributed by atoms with Gasteiger partial charge < -0.3 is 19.4 Å². The fraction of sp³-hybridized carbons (Fsp3) is 0.212. The van der Waals surface area contributed by atoms with E-state index in [-0.39, 0.29) is 5.56 Å². The molecule has 2 aromatic heterocycles. The Hall–Kier alpha value is -4.15. The Bertz CT molecular complexity index is 1780. The number of benzene rings is 3. The van der Waals surface area contributed by atoms with Crippen LogP contribution in [0.2, 0.25) is 5.02 Å². The van der Waals surface area contributed by atoms with Gasteiger partial charge >= 0.3 is 0 Å². The zero-order chi connectivity index (χ0) is 28.4. The highest BCUT2D eigenvalue weighted by Crippen LogP contribution is 2.39. The van der Waals surface area contributed by atoms with E-state index in [1.807, 2.05) is 92.1 Å². The lowest BCUT2D eigenvalue weighted by Crippen LogP contribution is -2.43. The normalized spacial score (nSPS) is 12.9. The maximum absolute atomic E-state index is 13.5. The van der Waals surface area contributed by atoms with Gasteiger partial charge in [0, 0.05) is 42.2 Å². The van der Waals surface area contributed by atoms with Crippen LogP contribution in [-0.2, 0) is 19.1 Å². The van der Waals surface area contributed by atoms with E-state index in [0.717, 1.165) is 51.0 Å². The van der Waals surface area contributed by atoms with Crippen molar-refractivity contribution in [3.63, 3.8) is 0 Å². The molecule has 0 radical (unpaired) electrons. The van der Waals surface area contributed by atoms with Crippen molar-refractivity contribution >= 4 is 22.5 Å². The number of nitrogens with one attached hydrogen (secondary N) is 1. The number of fused-ring (bicyclic) bond motifs is 1. The van der Waals surface area contributed by atoms with Crippen LogP contribution in [-0.4, -0.2) is 46.7 Å². The Morgan fingerprint density at radius 2 is 1.80 bits per heavy atom. The van der Waals surface area contributed by atoms with Crippen LogP contribution in [0.3, 0.4) is 0 Å². The van der Waals surface area contributed by atoms with Crippen molar-refractivity contribution in [2.24, 2.45) is 7.05 Å². The van der Waals surface area contributed by atoms with Gasteiger partial charge in [-0.1, -0.05) is 47.9 Å². The quantitative estimate of drug-likeness (QED) is 0.273. The number of terminal acetylenes is 1. The highest BCUT2D eigenvalue weighted by atomic mass is 35.5. The second-order valence-corrected chi connectivity index (χ2v) is 10.6. The molecule has 0 unspecified atom stereocenters. The van der Waals surface area contributed by atoms with Crippen molar-refractivity contribution in [3.8, 4) is 23.5 Å². The Kier molecular flexibility index (Phi) is 7.64. The van der Waals surface area contributed by atoms with Crippen LogP contribution in [0.1, 0.15) is 22.4 Å². The smallest absolute Gasteiger partial charge is 0.251 e.